The van der Waals surface area contributed by atoms with Gasteiger partial charge in [0.05, 0.1) is 24.8 Å². The van der Waals surface area contributed by atoms with E-state index in [4.69, 9.17) is 14.1 Å². The monoisotopic (exact) mass is 399 g/mol. The molecule has 0 atom stereocenters. The third-order valence-corrected chi connectivity index (χ3v) is 5.16. The van der Waals surface area contributed by atoms with Crippen molar-refractivity contribution in [2.24, 2.45) is 0 Å². The Morgan fingerprint density at radius 2 is 1.83 bits per heavy atom. The summed E-state index contributed by atoms with van der Waals surface area (Å²) in [7, 11) is 3.31. The summed E-state index contributed by atoms with van der Waals surface area (Å²) in [5, 5.41) is 18.8. The van der Waals surface area contributed by atoms with E-state index in [0.29, 0.717) is 5.52 Å². The van der Waals surface area contributed by atoms with Gasteiger partial charge in [0.1, 0.15) is 11.5 Å². The summed E-state index contributed by atoms with van der Waals surface area (Å²) >= 11 is 0. The average Bonchev–Trinajstić information content (AvgIpc) is 3.23. The lowest BCUT2D eigenvalue weighted by atomic mass is 10.1. The highest BCUT2D eigenvalue weighted by molar-refractivity contribution is 5.93. The van der Waals surface area contributed by atoms with Gasteiger partial charge in [-0.3, -0.25) is 15.0 Å². The van der Waals surface area contributed by atoms with Crippen LogP contribution < -0.4 is 14.4 Å². The van der Waals surface area contributed by atoms with Gasteiger partial charge < -0.3 is 14.4 Å². The zero-order valence-electron chi connectivity index (χ0n) is 16.2. The van der Waals surface area contributed by atoms with Gasteiger partial charge in [-0.15, -0.1) is 0 Å². The van der Waals surface area contributed by atoms with Crippen molar-refractivity contribution in [3.8, 4) is 11.5 Å². The van der Waals surface area contributed by atoms with Crippen LogP contribution in [0.4, 0.5) is 11.4 Å². The molecule has 1 aliphatic heterocycles. The zero-order chi connectivity index (χ0) is 20.4. The molecule has 0 amide bonds. The van der Waals surface area contributed by atoms with Gasteiger partial charge in [-0.2, -0.15) is 0 Å². The summed E-state index contributed by atoms with van der Waals surface area (Å²) in [5.74, 6) is 1.63. The first-order valence-electron chi connectivity index (χ1n) is 9.18. The zero-order valence-corrected chi connectivity index (χ0v) is 16.2. The van der Waals surface area contributed by atoms with Gasteiger partial charge in [-0.05, 0) is 34.6 Å². The molecule has 3 aromatic rings. The predicted octanol–water partition coefficient (Wildman–Crippen LogP) is 2.47. The molecule has 0 saturated carbocycles. The molecule has 0 unspecified atom stereocenters. The Labute approximate surface area is 166 Å². The number of piperazine rings is 1. The number of ether oxygens (including phenoxy) is 2. The quantitative estimate of drug-likeness (QED) is 0.456. The van der Waals surface area contributed by atoms with Gasteiger partial charge in [-0.1, -0.05) is 0 Å². The lowest BCUT2D eigenvalue weighted by molar-refractivity contribution is -0.383. The number of methoxy groups -OCH3 is 2. The molecule has 10 nitrogen and oxygen atoms in total. The molecular weight excluding hydrogens is 378 g/mol. The van der Waals surface area contributed by atoms with Crippen molar-refractivity contribution in [3.05, 3.63) is 46.0 Å². The molecule has 4 rings (SSSR count). The molecule has 1 aromatic heterocycles. The van der Waals surface area contributed by atoms with Crippen LogP contribution in [0.5, 0.6) is 11.5 Å². The lowest BCUT2D eigenvalue weighted by Crippen LogP contribution is -2.46. The summed E-state index contributed by atoms with van der Waals surface area (Å²) in [6.45, 7) is 3.90. The van der Waals surface area contributed by atoms with E-state index in [1.54, 1.807) is 20.3 Å². The summed E-state index contributed by atoms with van der Waals surface area (Å²) in [5.41, 5.74) is 2.36. The first-order valence-corrected chi connectivity index (χ1v) is 9.18. The van der Waals surface area contributed by atoms with E-state index in [1.165, 1.54) is 6.07 Å². The van der Waals surface area contributed by atoms with Crippen molar-refractivity contribution in [1.82, 2.24) is 15.2 Å². The molecular formula is C19H21N5O5. The van der Waals surface area contributed by atoms with Crippen molar-refractivity contribution in [1.29, 1.82) is 0 Å². The molecule has 0 radical (unpaired) electrons. The van der Waals surface area contributed by atoms with Crippen LogP contribution in [0.1, 0.15) is 5.56 Å². The highest BCUT2D eigenvalue weighted by atomic mass is 16.6. The van der Waals surface area contributed by atoms with Gasteiger partial charge in [0.2, 0.25) is 5.52 Å². The number of non-ortho nitro benzene ring substituents is 1. The van der Waals surface area contributed by atoms with Gasteiger partial charge in [0, 0.05) is 44.4 Å². The standard InChI is InChI=1S/C19H21N5O5/c1-27-14-3-6-17(28-2)13(11-14)12-22-7-9-23(10-8-22)15-4-5-16(24(25)26)19-18(15)20-29-21-19/h3-6,11H,7-10,12H2,1-2H3. The minimum absolute atomic E-state index is 0.103. The number of nitro groups is 1. The maximum atomic E-state index is 11.2. The number of nitro benzene ring substituents is 1. The Balaban J connectivity index is 1.48. The largest absolute Gasteiger partial charge is 0.497 e. The maximum Gasteiger partial charge on any atom is 0.300 e. The first-order chi connectivity index (χ1) is 14.1. The Morgan fingerprint density at radius 3 is 2.52 bits per heavy atom. The number of hydrogen-bond acceptors (Lipinski definition) is 9. The maximum absolute atomic E-state index is 11.2. The molecule has 2 aromatic carbocycles. The van der Waals surface area contributed by atoms with Gasteiger partial charge in [0.25, 0.3) is 0 Å². The summed E-state index contributed by atoms with van der Waals surface area (Å²) in [6.07, 6.45) is 0. The smallest absolute Gasteiger partial charge is 0.300 e. The molecule has 29 heavy (non-hydrogen) atoms. The molecule has 10 heteroatoms. The Bertz CT molecular complexity index is 1030. The highest BCUT2D eigenvalue weighted by Crippen LogP contribution is 2.32. The third-order valence-electron chi connectivity index (χ3n) is 5.16. The summed E-state index contributed by atoms with van der Waals surface area (Å²) in [6, 6.07) is 8.95. The molecule has 1 aliphatic rings. The second-order valence-electron chi connectivity index (χ2n) is 6.76. The number of rotatable bonds is 6. The normalized spacial score (nSPS) is 14.9. The Kier molecular flexibility index (Phi) is 5.17. The SMILES string of the molecule is COc1ccc(OC)c(CN2CCN(c3ccc([N+](=O)[O-])c4nonc34)CC2)c1. The van der Waals surface area contributed by atoms with E-state index >= 15 is 0 Å². The Hall–Kier alpha value is -3.40. The molecule has 1 saturated heterocycles. The van der Waals surface area contributed by atoms with E-state index in [-0.39, 0.29) is 11.2 Å². The van der Waals surface area contributed by atoms with E-state index in [9.17, 15) is 10.1 Å². The van der Waals surface area contributed by atoms with E-state index in [0.717, 1.165) is 55.5 Å². The van der Waals surface area contributed by atoms with Crippen molar-refractivity contribution in [2.75, 3.05) is 45.3 Å². The van der Waals surface area contributed by atoms with Gasteiger partial charge in [-0.25, -0.2) is 4.63 Å². The topological polar surface area (TPSA) is 107 Å². The first kappa shape index (κ1) is 18.9. The predicted molar refractivity (Wildman–Crippen MR) is 105 cm³/mol. The van der Waals surface area contributed by atoms with Gasteiger partial charge >= 0.3 is 5.69 Å². The second kappa shape index (κ2) is 7.92. The summed E-state index contributed by atoms with van der Waals surface area (Å²) in [4.78, 5) is 15.2. The van der Waals surface area contributed by atoms with Crippen LogP contribution in [-0.4, -0.2) is 60.5 Å². The van der Waals surface area contributed by atoms with Crippen LogP contribution >= 0.6 is 0 Å². The number of anilines is 1. The van der Waals surface area contributed by atoms with Crippen LogP contribution in [0, 0.1) is 10.1 Å². The fraction of sp³-hybridized carbons (Fsp3) is 0.368. The number of nitrogens with zero attached hydrogens (tertiary/aromatic N) is 5. The number of fused-ring (bicyclic) bond motifs is 1. The van der Waals surface area contributed by atoms with Crippen molar-refractivity contribution in [3.63, 3.8) is 0 Å². The molecule has 2 heterocycles. The van der Waals surface area contributed by atoms with E-state index in [2.05, 4.69) is 20.1 Å². The van der Waals surface area contributed by atoms with Crippen LogP contribution in [0.3, 0.4) is 0 Å². The molecule has 0 aliphatic carbocycles. The Morgan fingerprint density at radius 1 is 1.07 bits per heavy atom. The van der Waals surface area contributed by atoms with E-state index in [1.807, 2.05) is 18.2 Å². The van der Waals surface area contributed by atoms with Crippen LogP contribution in [0.2, 0.25) is 0 Å². The molecule has 0 bridgehead atoms. The van der Waals surface area contributed by atoms with E-state index < -0.39 is 4.92 Å². The van der Waals surface area contributed by atoms with Crippen molar-refractivity contribution in [2.45, 2.75) is 6.54 Å². The molecule has 1 fully saturated rings. The van der Waals surface area contributed by atoms with Crippen LogP contribution in [-0.2, 0) is 6.54 Å². The summed E-state index contributed by atoms with van der Waals surface area (Å²) < 4.78 is 15.6. The van der Waals surface area contributed by atoms with Crippen LogP contribution in [0.25, 0.3) is 11.0 Å². The van der Waals surface area contributed by atoms with Crippen molar-refractivity contribution < 1.29 is 19.0 Å². The number of benzene rings is 2. The molecule has 0 spiro atoms. The number of aromatic nitrogens is 2. The molecule has 152 valence electrons. The minimum atomic E-state index is -0.476. The van der Waals surface area contributed by atoms with Crippen molar-refractivity contribution >= 4 is 22.4 Å². The molecule has 0 N–H and O–H groups in total. The minimum Gasteiger partial charge on any atom is -0.497 e. The highest BCUT2D eigenvalue weighted by Gasteiger charge is 2.25. The number of hydrogen-bond donors (Lipinski definition) is 0. The third kappa shape index (κ3) is 3.66. The van der Waals surface area contributed by atoms with Crippen LogP contribution in [0.15, 0.2) is 35.0 Å². The average molecular weight is 399 g/mol. The lowest BCUT2D eigenvalue weighted by Gasteiger charge is -2.36. The van der Waals surface area contributed by atoms with Gasteiger partial charge in [0.15, 0.2) is 5.52 Å². The second-order valence-corrected chi connectivity index (χ2v) is 6.76. The fourth-order valence-electron chi connectivity index (χ4n) is 3.64. The fourth-order valence-corrected chi connectivity index (χ4v) is 3.64.